The standard InChI is InChI=1S/C39H27N5O6/c1-44-33-12-9-24(18-35(33)50-39(44)48)26-6-2-5-23-17-32(42-20-29(23)26)25-8-11-31(41-19-25)38(47)40-15-3-4-22-7-13-34-28(16-22)30(21-49-34)27-10-14-36(45)43-37(27)46/h2,5-9,11-13,16-21,27H,10,14-15H2,1H3,(H,40,47)(H,43,45,46). The SMILES string of the molecule is Cn1c(=O)oc2cc(-c3cccc4cc(-c5ccc(C(=O)NCC#Cc6ccc7occ(C8CCC(=O)NC8=O)c7c6)nc5)ncc34)ccc21. The number of hydrogen-bond acceptors (Lipinski definition) is 8. The lowest BCUT2D eigenvalue weighted by Gasteiger charge is -2.19. The molecule has 0 aliphatic carbocycles. The van der Waals surface area contributed by atoms with Crippen molar-refractivity contribution < 1.29 is 23.2 Å². The summed E-state index contributed by atoms with van der Waals surface area (Å²) in [6, 6.07) is 22.5. The second kappa shape index (κ2) is 12.3. The second-order valence-corrected chi connectivity index (χ2v) is 12.0. The zero-order chi connectivity index (χ0) is 34.4. The summed E-state index contributed by atoms with van der Waals surface area (Å²) in [5.41, 5.74) is 6.87. The maximum atomic E-state index is 12.8. The Labute approximate surface area is 283 Å². The van der Waals surface area contributed by atoms with Crippen molar-refractivity contribution in [2.24, 2.45) is 7.05 Å². The first-order valence-electron chi connectivity index (χ1n) is 15.9. The highest BCUT2D eigenvalue weighted by atomic mass is 16.4. The number of nitrogens with zero attached hydrogens (tertiary/aromatic N) is 3. The van der Waals surface area contributed by atoms with E-state index in [9.17, 15) is 19.2 Å². The smallest absolute Gasteiger partial charge is 0.419 e. The molecule has 1 fully saturated rings. The van der Waals surface area contributed by atoms with Gasteiger partial charge in [0.05, 0.1) is 29.9 Å². The molecule has 1 unspecified atom stereocenters. The largest absolute Gasteiger partial charge is 0.464 e. The van der Waals surface area contributed by atoms with Crippen LogP contribution in [0.25, 0.3) is 55.2 Å². The number of fused-ring (bicyclic) bond motifs is 3. The van der Waals surface area contributed by atoms with Gasteiger partial charge in [-0.1, -0.05) is 36.1 Å². The molecular formula is C39H27N5O6. The highest BCUT2D eigenvalue weighted by Gasteiger charge is 2.30. The molecule has 3 amide bonds. The Morgan fingerprint density at radius 3 is 2.68 bits per heavy atom. The summed E-state index contributed by atoms with van der Waals surface area (Å²) in [6.07, 6.45) is 5.68. The number of carbonyl (C=O) groups is 3. The first kappa shape index (κ1) is 30.5. The van der Waals surface area contributed by atoms with Gasteiger partial charge in [0.1, 0.15) is 11.3 Å². The Kier molecular flexibility index (Phi) is 7.53. The number of hydrogen-bond donors (Lipinski definition) is 2. The molecule has 11 heteroatoms. The van der Waals surface area contributed by atoms with Gasteiger partial charge < -0.3 is 14.2 Å². The average Bonchev–Trinajstić information content (AvgIpc) is 3.68. The first-order valence-corrected chi connectivity index (χ1v) is 15.9. The minimum Gasteiger partial charge on any atom is -0.464 e. The molecule has 244 valence electrons. The zero-order valence-corrected chi connectivity index (χ0v) is 26.7. The van der Waals surface area contributed by atoms with Crippen molar-refractivity contribution >= 4 is 50.6 Å². The Morgan fingerprint density at radius 2 is 1.84 bits per heavy atom. The highest BCUT2D eigenvalue weighted by molar-refractivity contribution is 6.03. The summed E-state index contributed by atoms with van der Waals surface area (Å²) in [4.78, 5) is 57.8. The van der Waals surface area contributed by atoms with Crippen molar-refractivity contribution in [3.8, 4) is 34.2 Å². The summed E-state index contributed by atoms with van der Waals surface area (Å²) in [7, 11) is 1.68. The van der Waals surface area contributed by atoms with E-state index in [0.29, 0.717) is 28.8 Å². The molecule has 0 spiro atoms. The third kappa shape index (κ3) is 5.58. The minimum absolute atomic E-state index is 0.101. The van der Waals surface area contributed by atoms with Crippen molar-refractivity contribution in [1.29, 1.82) is 0 Å². The van der Waals surface area contributed by atoms with Gasteiger partial charge in [0.25, 0.3) is 5.91 Å². The molecule has 0 saturated carbocycles. The van der Waals surface area contributed by atoms with Crippen LogP contribution in [0, 0.1) is 11.8 Å². The molecular weight excluding hydrogens is 634 g/mol. The van der Waals surface area contributed by atoms with E-state index in [1.165, 1.54) is 4.57 Å². The van der Waals surface area contributed by atoms with E-state index in [4.69, 9.17) is 8.83 Å². The molecule has 1 aliphatic rings. The van der Waals surface area contributed by atoms with Gasteiger partial charge in [-0.15, -0.1) is 0 Å². The Balaban J connectivity index is 0.941. The molecule has 11 nitrogen and oxygen atoms in total. The van der Waals surface area contributed by atoms with Crippen LogP contribution < -0.4 is 16.4 Å². The third-order valence-corrected chi connectivity index (χ3v) is 8.95. The van der Waals surface area contributed by atoms with Crippen LogP contribution in [-0.2, 0) is 16.6 Å². The maximum Gasteiger partial charge on any atom is 0.419 e. The van der Waals surface area contributed by atoms with Gasteiger partial charge >= 0.3 is 5.76 Å². The van der Waals surface area contributed by atoms with E-state index in [2.05, 4.69) is 32.4 Å². The molecule has 2 N–H and O–H groups in total. The number of benzene rings is 3. The van der Waals surface area contributed by atoms with Crippen molar-refractivity contribution in [2.75, 3.05) is 6.54 Å². The zero-order valence-electron chi connectivity index (χ0n) is 26.7. The number of aromatic nitrogens is 3. The molecule has 1 atom stereocenters. The lowest BCUT2D eigenvalue weighted by Crippen LogP contribution is -2.39. The van der Waals surface area contributed by atoms with Crippen LogP contribution in [0.4, 0.5) is 0 Å². The van der Waals surface area contributed by atoms with E-state index in [0.717, 1.165) is 43.9 Å². The minimum atomic E-state index is -0.464. The maximum absolute atomic E-state index is 12.8. The fourth-order valence-electron chi connectivity index (χ4n) is 6.31. The van der Waals surface area contributed by atoms with Crippen LogP contribution >= 0.6 is 0 Å². The fourth-order valence-corrected chi connectivity index (χ4v) is 6.31. The lowest BCUT2D eigenvalue weighted by molar-refractivity contribution is -0.134. The van der Waals surface area contributed by atoms with Crippen molar-refractivity contribution in [3.05, 3.63) is 119 Å². The molecule has 4 aromatic heterocycles. The number of furan rings is 1. The number of piperidine rings is 1. The molecule has 5 heterocycles. The Hall–Kier alpha value is -6.80. The van der Waals surface area contributed by atoms with Crippen LogP contribution in [-0.4, -0.2) is 38.8 Å². The van der Waals surface area contributed by atoms with Crippen LogP contribution in [0.1, 0.15) is 40.4 Å². The quantitative estimate of drug-likeness (QED) is 0.183. The Morgan fingerprint density at radius 1 is 0.960 bits per heavy atom. The average molecular weight is 662 g/mol. The predicted molar refractivity (Wildman–Crippen MR) is 186 cm³/mol. The Bertz CT molecular complexity index is 2640. The van der Waals surface area contributed by atoms with Crippen molar-refractivity contribution in [2.45, 2.75) is 18.8 Å². The van der Waals surface area contributed by atoms with Crippen LogP contribution in [0.5, 0.6) is 0 Å². The van der Waals surface area contributed by atoms with Gasteiger partial charge in [-0.2, -0.15) is 0 Å². The summed E-state index contributed by atoms with van der Waals surface area (Å²) in [5.74, 6) is 4.17. The monoisotopic (exact) mass is 661 g/mol. The topological polar surface area (TPSA) is 149 Å². The van der Waals surface area contributed by atoms with Gasteiger partial charge in [-0.05, 0) is 71.5 Å². The number of rotatable bonds is 5. The summed E-state index contributed by atoms with van der Waals surface area (Å²) in [5, 5.41) is 7.85. The molecule has 7 aromatic rings. The molecule has 1 aliphatic heterocycles. The number of nitrogens with one attached hydrogen (secondary N) is 2. The van der Waals surface area contributed by atoms with Crippen LogP contribution in [0.3, 0.4) is 0 Å². The van der Waals surface area contributed by atoms with E-state index < -0.39 is 11.7 Å². The molecule has 0 bridgehead atoms. The van der Waals surface area contributed by atoms with Crippen LogP contribution in [0.15, 0.2) is 105 Å². The third-order valence-electron chi connectivity index (χ3n) is 8.95. The number of carbonyl (C=O) groups excluding carboxylic acids is 3. The van der Waals surface area contributed by atoms with Gasteiger partial charge in [0.2, 0.25) is 11.8 Å². The first-order chi connectivity index (χ1) is 24.3. The predicted octanol–water partition coefficient (Wildman–Crippen LogP) is 5.46. The summed E-state index contributed by atoms with van der Waals surface area (Å²) in [6.45, 7) is 0.101. The molecule has 0 radical (unpaired) electrons. The van der Waals surface area contributed by atoms with Gasteiger partial charge in [0.15, 0.2) is 5.58 Å². The molecule has 8 rings (SSSR count). The van der Waals surface area contributed by atoms with Gasteiger partial charge in [-0.25, -0.2) is 4.79 Å². The van der Waals surface area contributed by atoms with E-state index in [-0.39, 0.29) is 36.4 Å². The number of pyridine rings is 2. The molecule has 50 heavy (non-hydrogen) atoms. The summed E-state index contributed by atoms with van der Waals surface area (Å²) < 4.78 is 12.5. The normalized spacial score (nSPS) is 14.5. The van der Waals surface area contributed by atoms with Crippen LogP contribution in [0.2, 0.25) is 0 Å². The van der Waals surface area contributed by atoms with E-state index in [1.54, 1.807) is 43.8 Å². The molecule has 3 aromatic carbocycles. The number of imide groups is 1. The summed E-state index contributed by atoms with van der Waals surface area (Å²) >= 11 is 0. The molecule has 1 saturated heterocycles. The van der Waals surface area contributed by atoms with Gasteiger partial charge in [-0.3, -0.25) is 34.2 Å². The second-order valence-electron chi connectivity index (χ2n) is 12.0. The fraction of sp³-hybridized carbons (Fsp3) is 0.128. The van der Waals surface area contributed by atoms with Gasteiger partial charge in [0, 0.05) is 53.3 Å². The number of amides is 3. The number of oxazole rings is 1. The van der Waals surface area contributed by atoms with E-state index >= 15 is 0 Å². The highest BCUT2D eigenvalue weighted by Crippen LogP contribution is 2.34. The van der Waals surface area contributed by atoms with Crippen molar-refractivity contribution in [3.63, 3.8) is 0 Å². The number of aryl methyl sites for hydroxylation is 1. The van der Waals surface area contributed by atoms with Crippen molar-refractivity contribution in [1.82, 2.24) is 25.2 Å². The lowest BCUT2D eigenvalue weighted by atomic mass is 9.90. The van der Waals surface area contributed by atoms with E-state index in [1.807, 2.05) is 54.7 Å².